The molecule has 0 heterocycles. The molecule has 0 aliphatic carbocycles. The van der Waals surface area contributed by atoms with Gasteiger partial charge in [0.1, 0.15) is 0 Å². The minimum atomic E-state index is -0.514. The molecule has 19 heavy (non-hydrogen) atoms. The van der Waals surface area contributed by atoms with Gasteiger partial charge in [-0.3, -0.25) is 0 Å². The van der Waals surface area contributed by atoms with Crippen LogP contribution in [0.25, 0.3) is 0 Å². The van der Waals surface area contributed by atoms with E-state index in [4.69, 9.17) is 5.11 Å². The second-order valence-electron chi connectivity index (χ2n) is 5.42. The molecule has 0 bridgehead atoms. The first-order valence-corrected chi connectivity index (χ1v) is 9.33. The molecule has 0 aromatic carbocycles. The van der Waals surface area contributed by atoms with Gasteiger partial charge in [-0.1, -0.05) is 64.7 Å². The molecule has 0 aromatic rings. The predicted molar refractivity (Wildman–Crippen MR) is 86.9 cm³/mol. The van der Waals surface area contributed by atoms with Crippen molar-refractivity contribution in [2.75, 3.05) is 18.1 Å². The van der Waals surface area contributed by atoms with Crippen LogP contribution < -0.4 is 0 Å². The zero-order valence-corrected chi connectivity index (χ0v) is 13.6. The van der Waals surface area contributed by atoms with Crippen molar-refractivity contribution in [3.05, 3.63) is 0 Å². The number of unbranched alkanes of at least 4 members (excludes halogenated alkanes) is 9. The Balaban J connectivity index is 2.95. The van der Waals surface area contributed by atoms with E-state index in [1.165, 1.54) is 70.0 Å². The SMILES string of the molecule is CCCCCCCCCCCCSCCC(O)CO. The first kappa shape index (κ1) is 19.3. The third-order valence-corrected chi connectivity index (χ3v) is 4.55. The van der Waals surface area contributed by atoms with Gasteiger partial charge in [0.25, 0.3) is 0 Å². The third-order valence-electron chi connectivity index (χ3n) is 3.45. The summed E-state index contributed by atoms with van der Waals surface area (Å²) in [5.74, 6) is 2.17. The van der Waals surface area contributed by atoms with Gasteiger partial charge >= 0.3 is 0 Å². The van der Waals surface area contributed by atoms with Crippen molar-refractivity contribution >= 4 is 11.8 Å². The number of rotatable bonds is 15. The molecular weight excluding hydrogens is 256 g/mol. The first-order chi connectivity index (χ1) is 9.31. The maximum absolute atomic E-state index is 9.17. The highest BCUT2D eigenvalue weighted by Crippen LogP contribution is 2.13. The normalized spacial score (nSPS) is 12.8. The number of thioether (sulfide) groups is 1. The quantitative estimate of drug-likeness (QED) is 0.440. The number of hydrogen-bond donors (Lipinski definition) is 2. The highest BCUT2D eigenvalue weighted by Gasteiger charge is 2.00. The van der Waals surface area contributed by atoms with Gasteiger partial charge in [-0.25, -0.2) is 0 Å². The van der Waals surface area contributed by atoms with E-state index in [1.54, 1.807) is 0 Å². The van der Waals surface area contributed by atoms with Gasteiger partial charge in [0.2, 0.25) is 0 Å². The summed E-state index contributed by atoms with van der Waals surface area (Å²) >= 11 is 1.90. The monoisotopic (exact) mass is 290 g/mol. The van der Waals surface area contributed by atoms with Gasteiger partial charge in [0.15, 0.2) is 0 Å². The van der Waals surface area contributed by atoms with Gasteiger partial charge < -0.3 is 10.2 Å². The number of hydrogen-bond acceptors (Lipinski definition) is 3. The summed E-state index contributed by atoms with van der Waals surface area (Å²) in [5, 5.41) is 17.8. The molecule has 0 saturated heterocycles. The standard InChI is InChI=1S/C16H34O2S/c1-2-3-4-5-6-7-8-9-10-11-13-19-14-12-16(18)15-17/h16-18H,2-15H2,1H3. The van der Waals surface area contributed by atoms with E-state index in [1.807, 2.05) is 11.8 Å². The summed E-state index contributed by atoms with van der Waals surface area (Å²) in [5.41, 5.74) is 0. The van der Waals surface area contributed by atoms with Gasteiger partial charge in [-0.2, -0.15) is 11.8 Å². The minimum Gasteiger partial charge on any atom is -0.394 e. The van der Waals surface area contributed by atoms with E-state index in [0.29, 0.717) is 0 Å². The van der Waals surface area contributed by atoms with Crippen LogP contribution in [0.4, 0.5) is 0 Å². The average molecular weight is 291 g/mol. The van der Waals surface area contributed by atoms with Crippen LogP contribution in [0.15, 0.2) is 0 Å². The Labute approximate surface area is 124 Å². The molecule has 0 aliphatic rings. The zero-order valence-electron chi connectivity index (χ0n) is 12.8. The Kier molecular flexibility index (Phi) is 16.6. The van der Waals surface area contributed by atoms with E-state index >= 15 is 0 Å². The average Bonchev–Trinajstić information content (AvgIpc) is 2.43. The van der Waals surface area contributed by atoms with Crippen molar-refractivity contribution in [2.45, 2.75) is 83.7 Å². The first-order valence-electron chi connectivity index (χ1n) is 8.18. The fourth-order valence-electron chi connectivity index (χ4n) is 2.10. The lowest BCUT2D eigenvalue weighted by Gasteiger charge is -2.06. The summed E-state index contributed by atoms with van der Waals surface area (Å²) in [4.78, 5) is 0. The van der Waals surface area contributed by atoms with E-state index in [-0.39, 0.29) is 6.61 Å². The minimum absolute atomic E-state index is 0.0984. The molecule has 3 heteroatoms. The van der Waals surface area contributed by atoms with Crippen molar-refractivity contribution in [2.24, 2.45) is 0 Å². The molecule has 0 rings (SSSR count). The maximum atomic E-state index is 9.17. The summed E-state index contributed by atoms with van der Waals surface area (Å²) in [7, 11) is 0. The topological polar surface area (TPSA) is 40.5 Å². The van der Waals surface area contributed by atoms with Crippen LogP contribution in [0.1, 0.15) is 77.6 Å². The van der Waals surface area contributed by atoms with Crippen LogP contribution in [0, 0.1) is 0 Å². The lowest BCUT2D eigenvalue weighted by Crippen LogP contribution is -2.12. The molecular formula is C16H34O2S. The Morgan fingerprint density at radius 3 is 1.84 bits per heavy atom. The van der Waals surface area contributed by atoms with Gasteiger partial charge in [0.05, 0.1) is 12.7 Å². The van der Waals surface area contributed by atoms with Gasteiger partial charge in [0, 0.05) is 0 Å². The molecule has 1 atom stereocenters. The Morgan fingerprint density at radius 1 is 0.789 bits per heavy atom. The Hall–Kier alpha value is 0.270. The van der Waals surface area contributed by atoms with Crippen LogP contribution in [0.5, 0.6) is 0 Å². The van der Waals surface area contributed by atoms with Crippen LogP contribution in [-0.4, -0.2) is 34.4 Å². The summed E-state index contributed by atoms with van der Waals surface area (Å²) in [6, 6.07) is 0. The second kappa shape index (κ2) is 16.3. The summed E-state index contributed by atoms with van der Waals surface area (Å²) < 4.78 is 0. The van der Waals surface area contributed by atoms with E-state index in [0.717, 1.165) is 12.2 Å². The molecule has 0 saturated carbocycles. The molecule has 0 fully saturated rings. The maximum Gasteiger partial charge on any atom is 0.0778 e. The molecule has 0 aromatic heterocycles. The fourth-order valence-corrected chi connectivity index (χ4v) is 3.16. The van der Waals surface area contributed by atoms with Crippen molar-refractivity contribution in [3.8, 4) is 0 Å². The van der Waals surface area contributed by atoms with Crippen LogP contribution in [0.3, 0.4) is 0 Å². The van der Waals surface area contributed by atoms with Crippen molar-refractivity contribution in [3.63, 3.8) is 0 Å². The van der Waals surface area contributed by atoms with Crippen molar-refractivity contribution in [1.29, 1.82) is 0 Å². The predicted octanol–water partition coefficient (Wildman–Crippen LogP) is 4.38. The molecule has 0 radical (unpaired) electrons. The molecule has 2 N–H and O–H groups in total. The molecule has 0 aliphatic heterocycles. The van der Waals surface area contributed by atoms with Gasteiger partial charge in [-0.05, 0) is 24.3 Å². The van der Waals surface area contributed by atoms with Gasteiger partial charge in [-0.15, -0.1) is 0 Å². The van der Waals surface area contributed by atoms with Crippen LogP contribution in [0.2, 0.25) is 0 Å². The van der Waals surface area contributed by atoms with E-state index in [9.17, 15) is 5.11 Å². The lowest BCUT2D eigenvalue weighted by atomic mass is 10.1. The molecule has 1 unspecified atom stereocenters. The van der Waals surface area contributed by atoms with Crippen molar-refractivity contribution in [1.82, 2.24) is 0 Å². The van der Waals surface area contributed by atoms with Crippen LogP contribution in [-0.2, 0) is 0 Å². The second-order valence-corrected chi connectivity index (χ2v) is 6.64. The highest BCUT2D eigenvalue weighted by atomic mass is 32.2. The van der Waals surface area contributed by atoms with Crippen molar-refractivity contribution < 1.29 is 10.2 Å². The lowest BCUT2D eigenvalue weighted by molar-refractivity contribution is 0.0932. The smallest absolute Gasteiger partial charge is 0.0778 e. The highest BCUT2D eigenvalue weighted by molar-refractivity contribution is 7.99. The zero-order chi connectivity index (χ0) is 14.2. The molecule has 0 spiro atoms. The Morgan fingerprint density at radius 2 is 1.32 bits per heavy atom. The van der Waals surface area contributed by atoms with E-state index < -0.39 is 6.10 Å². The fraction of sp³-hybridized carbons (Fsp3) is 1.00. The molecule has 0 amide bonds. The Bertz CT molecular complexity index is 165. The summed E-state index contributed by atoms with van der Waals surface area (Å²) in [6.07, 6.45) is 14.1. The van der Waals surface area contributed by atoms with Crippen LogP contribution >= 0.6 is 11.8 Å². The summed E-state index contributed by atoms with van der Waals surface area (Å²) in [6.45, 7) is 2.17. The molecule has 2 nitrogen and oxygen atoms in total. The number of aliphatic hydroxyl groups excluding tert-OH is 2. The molecule has 116 valence electrons. The number of aliphatic hydroxyl groups is 2. The largest absolute Gasteiger partial charge is 0.394 e. The van der Waals surface area contributed by atoms with E-state index in [2.05, 4.69) is 6.92 Å². The third kappa shape index (κ3) is 16.2.